The van der Waals surface area contributed by atoms with Crippen LogP contribution in [0.3, 0.4) is 0 Å². The number of benzene rings is 6. The molecular weight excluding hydrogens is 627 g/mol. The third-order valence-corrected chi connectivity index (χ3v) is 11.5. The van der Waals surface area contributed by atoms with E-state index >= 15 is 0 Å². The second-order valence-electron chi connectivity index (χ2n) is 15.1. The highest BCUT2D eigenvalue weighted by molar-refractivity contribution is 5.79. The van der Waals surface area contributed by atoms with Crippen LogP contribution >= 0.6 is 0 Å². The molecular formula is C51H47N. The number of fused-ring (bicyclic) bond motifs is 3. The van der Waals surface area contributed by atoms with Gasteiger partial charge in [-0.05, 0) is 174 Å². The van der Waals surface area contributed by atoms with Crippen molar-refractivity contribution in [1.29, 1.82) is 0 Å². The van der Waals surface area contributed by atoms with Crippen molar-refractivity contribution in [2.75, 3.05) is 4.90 Å². The molecule has 1 heteroatoms. The van der Waals surface area contributed by atoms with Crippen molar-refractivity contribution in [3.63, 3.8) is 0 Å². The van der Waals surface area contributed by atoms with Gasteiger partial charge in [-0.15, -0.1) is 0 Å². The van der Waals surface area contributed by atoms with E-state index in [0.29, 0.717) is 0 Å². The highest BCUT2D eigenvalue weighted by atomic mass is 15.1. The molecule has 0 radical (unpaired) electrons. The Balaban J connectivity index is 0.953. The lowest BCUT2D eigenvalue weighted by molar-refractivity contribution is 0.910. The predicted octanol–water partition coefficient (Wildman–Crippen LogP) is 12.7. The Hall–Kier alpha value is -5.40. The van der Waals surface area contributed by atoms with Crippen molar-refractivity contribution in [3.8, 4) is 0 Å². The summed E-state index contributed by atoms with van der Waals surface area (Å²) in [5, 5.41) is 0. The molecule has 0 fully saturated rings. The van der Waals surface area contributed by atoms with Crippen LogP contribution in [0.4, 0.5) is 17.1 Å². The largest absolute Gasteiger partial charge is 0.311 e. The van der Waals surface area contributed by atoms with E-state index in [4.69, 9.17) is 0 Å². The minimum atomic E-state index is 1.05. The van der Waals surface area contributed by atoms with Crippen LogP contribution in [-0.4, -0.2) is 0 Å². The summed E-state index contributed by atoms with van der Waals surface area (Å²) < 4.78 is 0. The smallest absolute Gasteiger partial charge is 0.0462 e. The van der Waals surface area contributed by atoms with Gasteiger partial charge in [0.1, 0.15) is 0 Å². The van der Waals surface area contributed by atoms with E-state index in [1.807, 2.05) is 0 Å². The van der Waals surface area contributed by atoms with Crippen molar-refractivity contribution in [2.45, 2.75) is 70.6 Å². The van der Waals surface area contributed by atoms with Crippen LogP contribution in [0.2, 0.25) is 0 Å². The topological polar surface area (TPSA) is 3.24 Å². The summed E-state index contributed by atoms with van der Waals surface area (Å²) in [6.45, 7) is 0. The second-order valence-corrected chi connectivity index (χ2v) is 15.1. The maximum Gasteiger partial charge on any atom is 0.0462 e. The second kappa shape index (κ2) is 14.7. The summed E-state index contributed by atoms with van der Waals surface area (Å²) in [5.74, 6) is 0. The summed E-state index contributed by atoms with van der Waals surface area (Å²) in [4.78, 5) is 2.38. The van der Waals surface area contributed by atoms with E-state index < -0.39 is 0 Å². The van der Waals surface area contributed by atoms with Crippen LogP contribution in [0.25, 0.3) is 24.3 Å². The van der Waals surface area contributed by atoms with Crippen molar-refractivity contribution >= 4 is 41.4 Å². The van der Waals surface area contributed by atoms with Crippen molar-refractivity contribution in [1.82, 2.24) is 0 Å². The number of nitrogens with zero attached hydrogens (tertiary/aromatic N) is 1. The molecule has 0 saturated carbocycles. The summed E-state index contributed by atoms with van der Waals surface area (Å²) in [7, 11) is 0. The van der Waals surface area contributed by atoms with Gasteiger partial charge in [0.15, 0.2) is 0 Å². The average molecular weight is 674 g/mol. The highest BCUT2D eigenvalue weighted by Crippen LogP contribution is 2.36. The number of aryl methyl sites for hydroxylation is 8. The Kier molecular flexibility index (Phi) is 9.18. The molecule has 256 valence electrons. The molecule has 3 aliphatic carbocycles. The summed E-state index contributed by atoms with van der Waals surface area (Å²) in [6.07, 6.45) is 22.4. The molecule has 0 bridgehead atoms. The first-order chi connectivity index (χ1) is 25.7. The van der Waals surface area contributed by atoms with Gasteiger partial charge in [0.25, 0.3) is 0 Å². The SMILES string of the molecule is C(=C\c1ccc2c(c1)CCC2)/c1ccc(N(c2ccc(/C=C/c3ccc4c(c3)CCC4)cc2)c2ccc(CCc3ccc4c(c3)CCC4)cc2)cc1. The molecule has 3 aliphatic rings. The third-order valence-electron chi connectivity index (χ3n) is 11.5. The molecule has 6 aromatic rings. The van der Waals surface area contributed by atoms with E-state index in [-0.39, 0.29) is 0 Å². The monoisotopic (exact) mass is 673 g/mol. The molecule has 6 aromatic carbocycles. The quantitative estimate of drug-likeness (QED) is 0.131. The van der Waals surface area contributed by atoms with Crippen LogP contribution in [0.15, 0.2) is 127 Å². The summed E-state index contributed by atoms with van der Waals surface area (Å²) in [5.41, 5.74) is 20.5. The zero-order valence-electron chi connectivity index (χ0n) is 30.2. The molecule has 0 heterocycles. The molecule has 0 amide bonds. The Morgan fingerprint density at radius 2 is 0.673 bits per heavy atom. The van der Waals surface area contributed by atoms with Crippen LogP contribution in [0.5, 0.6) is 0 Å². The van der Waals surface area contributed by atoms with Crippen molar-refractivity contribution in [3.05, 3.63) is 194 Å². The zero-order chi connectivity index (χ0) is 34.7. The summed E-state index contributed by atoms with van der Waals surface area (Å²) in [6, 6.07) is 48.3. The first-order valence-electron chi connectivity index (χ1n) is 19.5. The molecule has 9 rings (SSSR count). The molecule has 1 nitrogen and oxygen atoms in total. The van der Waals surface area contributed by atoms with Crippen LogP contribution in [0, 0.1) is 0 Å². The predicted molar refractivity (Wildman–Crippen MR) is 222 cm³/mol. The van der Waals surface area contributed by atoms with E-state index in [9.17, 15) is 0 Å². The fourth-order valence-corrected chi connectivity index (χ4v) is 8.57. The van der Waals surface area contributed by atoms with Crippen molar-refractivity contribution < 1.29 is 0 Å². The third kappa shape index (κ3) is 7.19. The number of rotatable bonds is 10. The summed E-state index contributed by atoms with van der Waals surface area (Å²) >= 11 is 0. The van der Waals surface area contributed by atoms with Gasteiger partial charge >= 0.3 is 0 Å². The Morgan fingerprint density at radius 1 is 0.327 bits per heavy atom. The number of hydrogen-bond donors (Lipinski definition) is 0. The molecule has 0 saturated heterocycles. The Labute approximate surface area is 310 Å². The molecule has 0 N–H and O–H groups in total. The number of hydrogen-bond acceptors (Lipinski definition) is 1. The van der Waals surface area contributed by atoms with Gasteiger partial charge in [0.05, 0.1) is 0 Å². The van der Waals surface area contributed by atoms with Gasteiger partial charge in [0.2, 0.25) is 0 Å². The van der Waals surface area contributed by atoms with Crippen LogP contribution in [-0.2, 0) is 51.4 Å². The van der Waals surface area contributed by atoms with Gasteiger partial charge in [0, 0.05) is 17.1 Å². The van der Waals surface area contributed by atoms with Gasteiger partial charge in [-0.25, -0.2) is 0 Å². The molecule has 0 aliphatic heterocycles. The van der Waals surface area contributed by atoms with Gasteiger partial charge < -0.3 is 4.90 Å². The van der Waals surface area contributed by atoms with E-state index in [2.05, 4.69) is 157 Å². The lowest BCUT2D eigenvalue weighted by atomic mass is 10.0. The maximum absolute atomic E-state index is 2.45. The lowest BCUT2D eigenvalue weighted by Crippen LogP contribution is -2.10. The normalized spacial score (nSPS) is 14.6. The van der Waals surface area contributed by atoms with E-state index in [1.165, 1.54) is 119 Å². The minimum absolute atomic E-state index is 1.05. The lowest BCUT2D eigenvalue weighted by Gasteiger charge is -2.26. The van der Waals surface area contributed by atoms with Crippen molar-refractivity contribution in [2.24, 2.45) is 0 Å². The zero-order valence-corrected chi connectivity index (χ0v) is 30.2. The van der Waals surface area contributed by atoms with Crippen LogP contribution < -0.4 is 4.90 Å². The molecule has 52 heavy (non-hydrogen) atoms. The Morgan fingerprint density at radius 3 is 1.17 bits per heavy atom. The minimum Gasteiger partial charge on any atom is -0.311 e. The number of anilines is 3. The fourth-order valence-electron chi connectivity index (χ4n) is 8.57. The van der Waals surface area contributed by atoms with Gasteiger partial charge in [-0.1, -0.05) is 115 Å². The molecule has 0 spiro atoms. The molecule has 0 aromatic heterocycles. The molecule has 0 atom stereocenters. The average Bonchev–Trinajstić information content (AvgIpc) is 3.98. The fraction of sp³-hybridized carbons (Fsp3) is 0.216. The van der Waals surface area contributed by atoms with Gasteiger partial charge in [-0.2, -0.15) is 0 Å². The first-order valence-corrected chi connectivity index (χ1v) is 19.5. The highest BCUT2D eigenvalue weighted by Gasteiger charge is 2.15. The van der Waals surface area contributed by atoms with Crippen LogP contribution in [0.1, 0.15) is 86.0 Å². The van der Waals surface area contributed by atoms with E-state index in [0.717, 1.165) is 24.2 Å². The van der Waals surface area contributed by atoms with Gasteiger partial charge in [-0.3, -0.25) is 0 Å². The Bertz CT molecular complexity index is 2140. The molecule has 0 unspecified atom stereocenters. The van der Waals surface area contributed by atoms with E-state index in [1.54, 1.807) is 11.1 Å². The standard InChI is InChI=1S/C51H47N/c1-4-43-25-16-40(34-46(43)7-1)13-10-37-19-28-49(29-20-37)52(50-30-21-38(22-31-50)11-14-41-17-26-44-5-2-8-47(44)35-41)51-32-23-39(24-33-51)12-15-42-18-27-45-6-3-9-48(45)36-42/h10-11,13-14,16-36H,1-9,12,15H2/b13-10+,14-11+. The first kappa shape index (κ1) is 32.5. The maximum atomic E-state index is 2.45.